The monoisotopic (exact) mass is 286 g/mol. The van der Waals surface area contributed by atoms with Gasteiger partial charge in [-0.15, -0.1) is 0 Å². The molecule has 2 aliphatic carbocycles. The van der Waals surface area contributed by atoms with Crippen molar-refractivity contribution >= 4 is 12.3 Å². The molecular formula is C16H18SiTi. The first-order valence-corrected chi connectivity index (χ1v) is 13.1. The second kappa shape index (κ2) is 5.16. The van der Waals surface area contributed by atoms with Crippen LogP contribution in [0.2, 0.25) is 13.1 Å². The standard InChI is InChI=1S/C9H7.C5H5.C2H6Si.Ti/c1-2-5-9-7-3-6-8(9)4-1;1-2-4-5-3-1;1-3-2;/h1-7H;1-3H,4H2;1-2H3;. The Bertz CT molecular complexity index is 601. The number of benzene rings is 1. The Morgan fingerprint density at radius 3 is 2.78 bits per heavy atom. The molecule has 1 unspecified atom stereocenters. The quantitative estimate of drug-likeness (QED) is 0.704. The van der Waals surface area contributed by atoms with Crippen molar-refractivity contribution in [1.29, 1.82) is 0 Å². The molecule has 2 heteroatoms. The summed E-state index contributed by atoms with van der Waals surface area (Å²) in [5.41, 5.74) is 3.06. The molecule has 0 aromatic heterocycles. The van der Waals surface area contributed by atoms with Gasteiger partial charge in [0.25, 0.3) is 0 Å². The minimum atomic E-state index is -1.15. The van der Waals surface area contributed by atoms with Crippen molar-refractivity contribution in [2.75, 3.05) is 0 Å². The van der Waals surface area contributed by atoms with E-state index in [0.717, 1.165) is 4.22 Å². The molecule has 0 heterocycles. The van der Waals surface area contributed by atoms with Crippen LogP contribution in [0, 0.1) is 0 Å². The van der Waals surface area contributed by atoms with Crippen LogP contribution in [-0.4, -0.2) is 6.19 Å². The van der Waals surface area contributed by atoms with Crippen molar-refractivity contribution in [3.8, 4) is 0 Å². The molecule has 0 radical (unpaired) electrons. The van der Waals surface area contributed by atoms with Crippen molar-refractivity contribution in [1.82, 2.24) is 0 Å². The first-order chi connectivity index (χ1) is 8.77. The van der Waals surface area contributed by atoms with E-state index >= 15 is 0 Å². The maximum absolute atomic E-state index is 2.52. The number of fused-ring (bicyclic) bond motifs is 1. The van der Waals surface area contributed by atoms with E-state index in [-0.39, 0.29) is 6.19 Å². The topological polar surface area (TPSA) is 0 Å². The van der Waals surface area contributed by atoms with Crippen LogP contribution in [-0.2, 0) is 16.6 Å². The molecule has 0 N–H and O–H groups in total. The summed E-state index contributed by atoms with van der Waals surface area (Å²) >= 11 is -1.15. The summed E-state index contributed by atoms with van der Waals surface area (Å²) in [5.74, 6) is 0. The molecule has 1 atom stereocenters. The van der Waals surface area contributed by atoms with E-state index in [1.807, 2.05) is 0 Å². The number of rotatable bonds is 2. The molecule has 1 aromatic carbocycles. The van der Waals surface area contributed by atoms with Gasteiger partial charge in [0.15, 0.2) is 0 Å². The van der Waals surface area contributed by atoms with Crippen LogP contribution in [0.5, 0.6) is 0 Å². The van der Waals surface area contributed by atoms with Gasteiger partial charge in [0.1, 0.15) is 0 Å². The summed E-state index contributed by atoms with van der Waals surface area (Å²) < 4.78 is 2.58. The van der Waals surface area contributed by atoms with Crippen molar-refractivity contribution in [2.24, 2.45) is 0 Å². The number of allylic oxidation sites excluding steroid dienone is 5. The molecule has 0 spiro atoms. The Labute approximate surface area is 116 Å². The molecule has 0 bridgehead atoms. The minimum absolute atomic E-state index is 0.173. The Kier molecular flexibility index (Phi) is 3.56. The molecule has 18 heavy (non-hydrogen) atoms. The molecule has 2 aliphatic rings. The van der Waals surface area contributed by atoms with Crippen molar-refractivity contribution in [2.45, 2.75) is 23.7 Å². The number of hydrogen-bond donors (Lipinski definition) is 0. The summed E-state index contributed by atoms with van der Waals surface area (Å²) in [6.45, 7) is 5.04. The van der Waals surface area contributed by atoms with Crippen LogP contribution in [0.3, 0.4) is 0 Å². The van der Waals surface area contributed by atoms with Gasteiger partial charge in [-0.05, 0) is 0 Å². The molecule has 0 fully saturated rings. The van der Waals surface area contributed by atoms with Gasteiger partial charge in [0.2, 0.25) is 0 Å². The zero-order chi connectivity index (χ0) is 12.5. The van der Waals surface area contributed by atoms with Gasteiger partial charge < -0.3 is 0 Å². The molecule has 0 saturated heterocycles. The van der Waals surface area contributed by atoms with Crippen LogP contribution in [0.4, 0.5) is 0 Å². The summed E-state index contributed by atoms with van der Waals surface area (Å²) in [7, 11) is 0. The Hall–Kier alpha value is -0.629. The van der Waals surface area contributed by atoms with Crippen LogP contribution in [0.1, 0.15) is 21.8 Å². The summed E-state index contributed by atoms with van der Waals surface area (Å²) in [6.07, 6.45) is 12.9. The third-order valence-corrected chi connectivity index (χ3v) is 15.9. The van der Waals surface area contributed by atoms with E-state index in [4.69, 9.17) is 0 Å². The normalized spacial score (nSPS) is 19.9. The van der Waals surface area contributed by atoms with Crippen LogP contribution >= 0.6 is 0 Å². The molecule has 3 rings (SSSR count). The van der Waals surface area contributed by atoms with E-state index in [0.29, 0.717) is 0 Å². The summed E-state index contributed by atoms with van der Waals surface area (Å²) in [6, 6.07) is 8.97. The van der Waals surface area contributed by atoms with Gasteiger partial charge in [-0.3, -0.25) is 0 Å². The van der Waals surface area contributed by atoms with E-state index in [2.05, 4.69) is 67.7 Å². The predicted molar refractivity (Wildman–Crippen MR) is 77.5 cm³/mol. The van der Waals surface area contributed by atoms with Gasteiger partial charge in [-0.25, -0.2) is 0 Å². The van der Waals surface area contributed by atoms with E-state index < -0.39 is 16.6 Å². The second-order valence-corrected chi connectivity index (χ2v) is 17.4. The number of hydrogen-bond acceptors (Lipinski definition) is 0. The second-order valence-electron chi connectivity index (χ2n) is 5.20. The van der Waals surface area contributed by atoms with E-state index in [1.165, 1.54) is 12.0 Å². The van der Waals surface area contributed by atoms with Crippen molar-refractivity contribution in [3.63, 3.8) is 0 Å². The first-order valence-electron chi connectivity index (χ1n) is 6.58. The van der Waals surface area contributed by atoms with Gasteiger partial charge >= 0.3 is 116 Å². The average Bonchev–Trinajstić information content (AvgIpc) is 3.00. The zero-order valence-corrected chi connectivity index (χ0v) is 13.5. The van der Waals surface area contributed by atoms with E-state index in [9.17, 15) is 0 Å². The fourth-order valence-corrected chi connectivity index (χ4v) is 14.9. The third kappa shape index (κ3) is 2.16. The van der Waals surface area contributed by atoms with Gasteiger partial charge in [-0.2, -0.15) is 0 Å². The third-order valence-electron chi connectivity index (χ3n) is 3.77. The molecule has 0 nitrogen and oxygen atoms in total. The Balaban J connectivity index is 2.05. The first kappa shape index (κ1) is 12.4. The molecule has 0 amide bonds. The van der Waals surface area contributed by atoms with Crippen LogP contribution < -0.4 is 0 Å². The summed E-state index contributed by atoms with van der Waals surface area (Å²) in [5, 5.41) is 0. The fraction of sp³-hybridized carbons (Fsp3) is 0.250. The van der Waals surface area contributed by atoms with Crippen LogP contribution in [0.15, 0.2) is 52.4 Å². The Morgan fingerprint density at radius 1 is 1.22 bits per heavy atom. The summed E-state index contributed by atoms with van der Waals surface area (Å²) in [4.78, 5) is 0. The molecule has 90 valence electrons. The van der Waals surface area contributed by atoms with Crippen molar-refractivity contribution in [3.05, 3.63) is 63.6 Å². The zero-order valence-electron chi connectivity index (χ0n) is 11.0. The fourth-order valence-electron chi connectivity index (χ4n) is 2.98. The SMILES string of the molecule is C[Si](C)=[Ti]([C]1=CC=CC1)[CH]1C=Cc2ccccc21. The van der Waals surface area contributed by atoms with Gasteiger partial charge in [-0.1, -0.05) is 0 Å². The predicted octanol–water partition coefficient (Wildman–Crippen LogP) is 4.47. The Morgan fingerprint density at radius 2 is 2.06 bits per heavy atom. The van der Waals surface area contributed by atoms with Gasteiger partial charge in [0.05, 0.1) is 0 Å². The average molecular weight is 286 g/mol. The van der Waals surface area contributed by atoms with Crippen molar-refractivity contribution < 1.29 is 16.6 Å². The molecule has 0 saturated carbocycles. The van der Waals surface area contributed by atoms with E-state index in [1.54, 1.807) is 9.44 Å². The van der Waals surface area contributed by atoms with Crippen LogP contribution in [0.25, 0.3) is 6.08 Å². The molecule has 0 aliphatic heterocycles. The molecular weight excluding hydrogens is 268 g/mol. The molecule has 1 aromatic rings. The maximum atomic E-state index is 2.52. The van der Waals surface area contributed by atoms with Gasteiger partial charge in [0, 0.05) is 0 Å².